The van der Waals surface area contributed by atoms with Crippen LogP contribution in [0, 0.1) is 6.92 Å². The van der Waals surface area contributed by atoms with E-state index in [-0.39, 0.29) is 11.5 Å². The first-order valence-corrected chi connectivity index (χ1v) is 7.67. The van der Waals surface area contributed by atoms with Gasteiger partial charge in [-0.15, -0.1) is 0 Å². The molecule has 1 atom stereocenters. The van der Waals surface area contributed by atoms with Gasteiger partial charge in [-0.25, -0.2) is 0 Å². The smallest absolute Gasteiger partial charge is 0.294 e. The maximum Gasteiger partial charge on any atom is 0.294 e. The molecule has 2 aromatic carbocycles. The van der Waals surface area contributed by atoms with Crippen LogP contribution in [0.25, 0.3) is 0 Å². The van der Waals surface area contributed by atoms with E-state index < -0.39 is 16.2 Å². The van der Waals surface area contributed by atoms with Crippen molar-refractivity contribution in [3.63, 3.8) is 0 Å². The summed E-state index contributed by atoms with van der Waals surface area (Å²) >= 11 is 0. The third kappa shape index (κ3) is 5.65. The minimum absolute atomic E-state index is 0.0278. The van der Waals surface area contributed by atoms with E-state index in [0.29, 0.717) is 5.56 Å². The summed E-state index contributed by atoms with van der Waals surface area (Å²) in [4.78, 5) is -0.0278. The molecule has 0 aliphatic rings. The number of hydrogen-bond acceptors (Lipinski definition) is 4. The molecule has 0 saturated carbocycles. The van der Waals surface area contributed by atoms with Gasteiger partial charge in [-0.05, 0) is 24.1 Å². The topological polar surface area (TPSA) is 94.8 Å². The van der Waals surface area contributed by atoms with Crippen LogP contribution < -0.4 is 0 Å². The molecule has 0 aliphatic heterocycles. The molecule has 5 nitrogen and oxygen atoms in total. The van der Waals surface area contributed by atoms with Crippen molar-refractivity contribution in [1.29, 1.82) is 0 Å². The summed E-state index contributed by atoms with van der Waals surface area (Å²) in [7, 11) is -4.03. The van der Waals surface area contributed by atoms with Gasteiger partial charge in [0.1, 0.15) is 6.10 Å². The Hall–Kier alpha value is -1.73. The van der Waals surface area contributed by atoms with Crippen molar-refractivity contribution in [2.75, 3.05) is 6.61 Å². The summed E-state index contributed by atoms with van der Waals surface area (Å²) in [6, 6.07) is 15.4. The molecular formula is C15H18O5S. The van der Waals surface area contributed by atoms with Crippen LogP contribution in [-0.4, -0.2) is 29.8 Å². The van der Waals surface area contributed by atoms with E-state index in [4.69, 9.17) is 14.8 Å². The lowest BCUT2D eigenvalue weighted by Crippen LogP contribution is -2.01. The highest BCUT2D eigenvalue weighted by molar-refractivity contribution is 7.85. The molecule has 0 saturated heterocycles. The Balaban J connectivity index is 0.000000211. The SMILES string of the molecule is Cc1ccccc1S(=O)(=O)O.OCC(O)c1ccccc1. The summed E-state index contributed by atoms with van der Waals surface area (Å²) in [5.74, 6) is 0. The first kappa shape index (κ1) is 17.3. The van der Waals surface area contributed by atoms with Crippen molar-refractivity contribution in [1.82, 2.24) is 0 Å². The third-order valence-corrected chi connectivity index (χ3v) is 3.74. The second-order valence-corrected chi connectivity index (χ2v) is 5.74. The second-order valence-electron chi connectivity index (χ2n) is 4.35. The minimum atomic E-state index is -4.03. The van der Waals surface area contributed by atoms with E-state index in [1.807, 2.05) is 18.2 Å². The number of rotatable bonds is 3. The van der Waals surface area contributed by atoms with Crippen LogP contribution in [0.1, 0.15) is 17.2 Å². The highest BCUT2D eigenvalue weighted by atomic mass is 32.2. The Morgan fingerprint density at radius 3 is 1.95 bits per heavy atom. The monoisotopic (exact) mass is 310 g/mol. The van der Waals surface area contributed by atoms with Gasteiger partial charge in [-0.2, -0.15) is 8.42 Å². The fourth-order valence-electron chi connectivity index (χ4n) is 1.63. The molecule has 0 aromatic heterocycles. The van der Waals surface area contributed by atoms with Gasteiger partial charge >= 0.3 is 0 Å². The Kier molecular flexibility index (Phi) is 6.51. The first-order valence-electron chi connectivity index (χ1n) is 6.23. The van der Waals surface area contributed by atoms with Crippen molar-refractivity contribution in [3.8, 4) is 0 Å². The van der Waals surface area contributed by atoms with Crippen LogP contribution in [0.5, 0.6) is 0 Å². The quantitative estimate of drug-likeness (QED) is 0.753. The highest BCUT2D eigenvalue weighted by Gasteiger charge is 2.10. The predicted molar refractivity (Wildman–Crippen MR) is 79.5 cm³/mol. The lowest BCUT2D eigenvalue weighted by molar-refractivity contribution is 0.0956. The van der Waals surface area contributed by atoms with Crippen LogP contribution in [0.4, 0.5) is 0 Å². The molecule has 0 aliphatic carbocycles. The Bertz CT molecular complexity index is 653. The van der Waals surface area contributed by atoms with Gasteiger partial charge in [-0.1, -0.05) is 48.5 Å². The predicted octanol–water partition coefficient (Wildman–Crippen LogP) is 1.95. The van der Waals surface area contributed by atoms with E-state index in [2.05, 4.69) is 0 Å². The van der Waals surface area contributed by atoms with Crippen molar-refractivity contribution >= 4 is 10.1 Å². The van der Waals surface area contributed by atoms with Gasteiger partial charge in [0.2, 0.25) is 0 Å². The maximum absolute atomic E-state index is 10.6. The second kappa shape index (κ2) is 7.90. The molecule has 0 radical (unpaired) electrons. The fraction of sp³-hybridized carbons (Fsp3) is 0.200. The number of benzene rings is 2. The maximum atomic E-state index is 10.6. The van der Waals surface area contributed by atoms with Gasteiger partial charge in [0.25, 0.3) is 10.1 Å². The molecule has 0 bridgehead atoms. The molecule has 1 unspecified atom stereocenters. The lowest BCUT2D eigenvalue weighted by atomic mass is 10.1. The number of aliphatic hydroxyl groups is 2. The largest absolute Gasteiger partial charge is 0.393 e. The lowest BCUT2D eigenvalue weighted by Gasteiger charge is -2.05. The average molecular weight is 310 g/mol. The number of aryl methyl sites for hydroxylation is 1. The normalized spacial score (nSPS) is 12.2. The van der Waals surface area contributed by atoms with Gasteiger partial charge in [-0.3, -0.25) is 4.55 Å². The fourth-order valence-corrected chi connectivity index (χ4v) is 2.35. The number of hydrogen-bond donors (Lipinski definition) is 3. The van der Waals surface area contributed by atoms with Crippen LogP contribution in [0.2, 0.25) is 0 Å². The van der Waals surface area contributed by atoms with E-state index in [1.54, 1.807) is 37.3 Å². The van der Waals surface area contributed by atoms with E-state index in [9.17, 15) is 8.42 Å². The van der Waals surface area contributed by atoms with Crippen molar-refractivity contribution in [2.45, 2.75) is 17.9 Å². The highest BCUT2D eigenvalue weighted by Crippen LogP contribution is 2.12. The molecule has 3 N–H and O–H groups in total. The van der Waals surface area contributed by atoms with Crippen LogP contribution in [0.3, 0.4) is 0 Å². The molecule has 6 heteroatoms. The van der Waals surface area contributed by atoms with Crippen LogP contribution >= 0.6 is 0 Å². The summed E-state index contributed by atoms with van der Waals surface area (Å²) in [5.41, 5.74) is 1.31. The van der Waals surface area contributed by atoms with E-state index in [0.717, 1.165) is 5.56 Å². The Morgan fingerprint density at radius 2 is 1.52 bits per heavy atom. The summed E-state index contributed by atoms with van der Waals surface area (Å²) < 4.78 is 29.9. The zero-order valence-electron chi connectivity index (χ0n) is 11.5. The molecule has 114 valence electrons. The van der Waals surface area contributed by atoms with Gasteiger partial charge < -0.3 is 10.2 Å². The summed E-state index contributed by atoms with van der Waals surface area (Å²) in [5, 5.41) is 17.6. The molecule has 0 spiro atoms. The zero-order valence-corrected chi connectivity index (χ0v) is 12.4. The molecule has 0 amide bonds. The van der Waals surface area contributed by atoms with Crippen molar-refractivity contribution in [2.24, 2.45) is 0 Å². The van der Waals surface area contributed by atoms with Gasteiger partial charge in [0, 0.05) is 0 Å². The van der Waals surface area contributed by atoms with Gasteiger partial charge in [0.05, 0.1) is 11.5 Å². The summed E-state index contributed by atoms with van der Waals surface area (Å²) in [6.07, 6.45) is -0.735. The van der Waals surface area contributed by atoms with Crippen LogP contribution in [-0.2, 0) is 10.1 Å². The molecule has 21 heavy (non-hydrogen) atoms. The minimum Gasteiger partial charge on any atom is -0.393 e. The first-order chi connectivity index (χ1) is 9.86. The molecule has 2 rings (SSSR count). The number of aliphatic hydroxyl groups excluding tert-OH is 2. The third-order valence-electron chi connectivity index (χ3n) is 2.73. The Labute approximate surface area is 124 Å². The Morgan fingerprint density at radius 1 is 1.00 bits per heavy atom. The van der Waals surface area contributed by atoms with Crippen molar-refractivity contribution < 1.29 is 23.2 Å². The standard InChI is InChI=1S/C8H10O2.C7H8O3S/c9-6-8(10)7-4-2-1-3-5-7;1-6-4-2-3-5-7(6)11(8,9)10/h1-5,8-10H,6H2;2-5H,1H3,(H,8,9,10). The zero-order chi connectivity index (χ0) is 15.9. The van der Waals surface area contributed by atoms with Crippen molar-refractivity contribution in [3.05, 3.63) is 65.7 Å². The summed E-state index contributed by atoms with van der Waals surface area (Å²) in [6.45, 7) is 1.41. The molecule has 0 heterocycles. The molecular weight excluding hydrogens is 292 g/mol. The molecule has 0 fully saturated rings. The van der Waals surface area contributed by atoms with Crippen LogP contribution in [0.15, 0.2) is 59.5 Å². The van der Waals surface area contributed by atoms with E-state index in [1.165, 1.54) is 6.07 Å². The van der Waals surface area contributed by atoms with Gasteiger partial charge in [0.15, 0.2) is 0 Å². The average Bonchev–Trinajstić information content (AvgIpc) is 2.47. The molecule has 2 aromatic rings. The van der Waals surface area contributed by atoms with E-state index >= 15 is 0 Å².